The first-order valence-corrected chi connectivity index (χ1v) is 7.90. The highest BCUT2D eigenvalue weighted by Gasteiger charge is 2.09. The Morgan fingerprint density at radius 1 is 0.800 bits per heavy atom. The summed E-state index contributed by atoms with van der Waals surface area (Å²) in [6.45, 7) is 9.45. The fraction of sp³-hybridized carbons (Fsp3) is 1.00. The summed E-state index contributed by atoms with van der Waals surface area (Å²) in [5, 5.41) is 9.72. The molecule has 20 heavy (non-hydrogen) atoms. The molecule has 0 aromatic heterocycles. The van der Waals surface area contributed by atoms with Crippen molar-refractivity contribution >= 4 is 0 Å². The molecule has 0 radical (unpaired) electrons. The highest BCUT2D eigenvalue weighted by molar-refractivity contribution is 4.65. The van der Waals surface area contributed by atoms with E-state index in [0.717, 1.165) is 58.5 Å². The molecule has 0 aliphatic rings. The molecule has 0 aromatic rings. The van der Waals surface area contributed by atoms with Gasteiger partial charge in [-0.15, -0.1) is 0 Å². The van der Waals surface area contributed by atoms with Gasteiger partial charge >= 0.3 is 0 Å². The van der Waals surface area contributed by atoms with Crippen LogP contribution in [0.25, 0.3) is 0 Å². The maximum absolute atomic E-state index is 9.72. The van der Waals surface area contributed by atoms with Gasteiger partial charge in [-0.2, -0.15) is 0 Å². The molecule has 0 heterocycles. The predicted octanol–water partition coefficient (Wildman–Crippen LogP) is -0.982. The van der Waals surface area contributed by atoms with E-state index in [4.69, 9.17) is 17.2 Å². The number of rotatable bonds is 14. The van der Waals surface area contributed by atoms with Crippen LogP contribution < -0.4 is 17.2 Å². The van der Waals surface area contributed by atoms with Crippen LogP contribution in [-0.2, 0) is 0 Å². The minimum Gasteiger partial charge on any atom is -0.392 e. The molecule has 0 bridgehead atoms. The van der Waals surface area contributed by atoms with Crippen molar-refractivity contribution in [3.05, 3.63) is 0 Å². The zero-order valence-electron chi connectivity index (χ0n) is 13.1. The lowest BCUT2D eigenvalue weighted by molar-refractivity contribution is 0.109. The molecule has 0 aliphatic heterocycles. The average molecular weight is 289 g/mol. The molecule has 0 spiro atoms. The fourth-order valence-corrected chi connectivity index (χ4v) is 2.28. The lowest BCUT2D eigenvalue weighted by atomic mass is 10.2. The average Bonchev–Trinajstić information content (AvgIpc) is 2.43. The van der Waals surface area contributed by atoms with Crippen molar-refractivity contribution in [3.8, 4) is 0 Å². The second kappa shape index (κ2) is 13.7. The Hall–Kier alpha value is -0.240. The Balaban J connectivity index is 3.85. The number of nitrogens with two attached hydrogens (primary N) is 3. The van der Waals surface area contributed by atoms with E-state index in [9.17, 15) is 5.11 Å². The number of aliphatic hydroxyl groups is 1. The second-order valence-corrected chi connectivity index (χ2v) is 5.28. The quantitative estimate of drug-likeness (QED) is 0.306. The highest BCUT2D eigenvalue weighted by atomic mass is 16.3. The summed E-state index contributed by atoms with van der Waals surface area (Å²) in [5.41, 5.74) is 16.8. The molecule has 6 nitrogen and oxygen atoms in total. The van der Waals surface area contributed by atoms with Gasteiger partial charge in [0, 0.05) is 45.8 Å². The van der Waals surface area contributed by atoms with E-state index in [1.54, 1.807) is 0 Å². The van der Waals surface area contributed by atoms with E-state index >= 15 is 0 Å². The summed E-state index contributed by atoms with van der Waals surface area (Å²) >= 11 is 0. The van der Waals surface area contributed by atoms with E-state index in [0.29, 0.717) is 19.6 Å². The molecule has 1 atom stereocenters. The van der Waals surface area contributed by atoms with E-state index in [2.05, 4.69) is 9.80 Å². The third kappa shape index (κ3) is 10.5. The molecule has 1 unspecified atom stereocenters. The van der Waals surface area contributed by atoms with Crippen molar-refractivity contribution in [2.24, 2.45) is 17.2 Å². The summed E-state index contributed by atoms with van der Waals surface area (Å²) < 4.78 is 0. The standard InChI is InChI=1S/C14H35N5O/c1-2-14(20)13-19(12-7-17)9-4-3-8-18(10-5-15)11-6-16/h14,20H,2-13,15-17H2,1H3. The SMILES string of the molecule is CCC(O)CN(CCN)CCCCN(CCN)CCN. The summed E-state index contributed by atoms with van der Waals surface area (Å²) in [5.74, 6) is 0. The third-order valence-electron chi connectivity index (χ3n) is 3.47. The van der Waals surface area contributed by atoms with Crippen molar-refractivity contribution in [2.45, 2.75) is 32.3 Å². The van der Waals surface area contributed by atoms with E-state index < -0.39 is 0 Å². The van der Waals surface area contributed by atoms with Gasteiger partial charge in [-0.25, -0.2) is 0 Å². The fourth-order valence-electron chi connectivity index (χ4n) is 2.28. The van der Waals surface area contributed by atoms with Gasteiger partial charge in [0.25, 0.3) is 0 Å². The summed E-state index contributed by atoms with van der Waals surface area (Å²) in [6, 6.07) is 0. The first kappa shape index (κ1) is 19.8. The van der Waals surface area contributed by atoms with E-state index in [-0.39, 0.29) is 6.10 Å². The van der Waals surface area contributed by atoms with Crippen molar-refractivity contribution < 1.29 is 5.11 Å². The highest BCUT2D eigenvalue weighted by Crippen LogP contribution is 2.01. The number of hydrogen-bond acceptors (Lipinski definition) is 6. The smallest absolute Gasteiger partial charge is 0.0664 e. The van der Waals surface area contributed by atoms with Gasteiger partial charge in [0.2, 0.25) is 0 Å². The van der Waals surface area contributed by atoms with E-state index in [1.807, 2.05) is 6.92 Å². The van der Waals surface area contributed by atoms with Crippen LogP contribution in [0.5, 0.6) is 0 Å². The van der Waals surface area contributed by atoms with Crippen LogP contribution in [0.2, 0.25) is 0 Å². The molecule has 122 valence electrons. The normalized spacial score (nSPS) is 13.3. The van der Waals surface area contributed by atoms with Crippen molar-refractivity contribution in [2.75, 3.05) is 58.9 Å². The van der Waals surface area contributed by atoms with Crippen LogP contribution in [0.15, 0.2) is 0 Å². The van der Waals surface area contributed by atoms with Crippen LogP contribution in [0.1, 0.15) is 26.2 Å². The largest absolute Gasteiger partial charge is 0.392 e. The monoisotopic (exact) mass is 289 g/mol. The first-order valence-electron chi connectivity index (χ1n) is 7.90. The van der Waals surface area contributed by atoms with Crippen molar-refractivity contribution in [1.29, 1.82) is 0 Å². The zero-order chi connectivity index (χ0) is 15.2. The minimum absolute atomic E-state index is 0.243. The molecule has 0 aromatic carbocycles. The molecule has 0 fully saturated rings. The summed E-state index contributed by atoms with van der Waals surface area (Å²) in [7, 11) is 0. The van der Waals surface area contributed by atoms with Crippen molar-refractivity contribution in [3.63, 3.8) is 0 Å². The maximum atomic E-state index is 9.72. The minimum atomic E-state index is -0.243. The first-order chi connectivity index (χ1) is 9.67. The number of hydrogen-bond donors (Lipinski definition) is 4. The Morgan fingerprint density at radius 2 is 1.25 bits per heavy atom. The van der Waals surface area contributed by atoms with Crippen LogP contribution in [-0.4, -0.2) is 79.9 Å². The molecule has 0 saturated carbocycles. The van der Waals surface area contributed by atoms with Crippen LogP contribution >= 0.6 is 0 Å². The lowest BCUT2D eigenvalue weighted by Gasteiger charge is -2.25. The van der Waals surface area contributed by atoms with E-state index in [1.165, 1.54) is 0 Å². The lowest BCUT2D eigenvalue weighted by Crippen LogP contribution is -2.37. The van der Waals surface area contributed by atoms with Gasteiger partial charge in [-0.1, -0.05) is 6.92 Å². The molecule has 0 saturated heterocycles. The Bertz CT molecular complexity index is 200. The van der Waals surface area contributed by atoms with Crippen LogP contribution in [0.3, 0.4) is 0 Å². The Morgan fingerprint density at radius 3 is 1.70 bits per heavy atom. The van der Waals surface area contributed by atoms with Gasteiger partial charge in [0.05, 0.1) is 6.10 Å². The molecule has 7 N–H and O–H groups in total. The zero-order valence-corrected chi connectivity index (χ0v) is 13.1. The molecule has 0 rings (SSSR count). The third-order valence-corrected chi connectivity index (χ3v) is 3.47. The number of unbranched alkanes of at least 4 members (excludes halogenated alkanes) is 1. The molecule has 0 aliphatic carbocycles. The van der Waals surface area contributed by atoms with Gasteiger partial charge in [-0.3, -0.25) is 4.90 Å². The predicted molar refractivity (Wildman–Crippen MR) is 85.6 cm³/mol. The number of nitrogens with zero attached hydrogens (tertiary/aromatic N) is 2. The Labute approximate surface area is 124 Å². The van der Waals surface area contributed by atoms with Gasteiger partial charge < -0.3 is 27.2 Å². The topological polar surface area (TPSA) is 105 Å². The molecule has 0 amide bonds. The maximum Gasteiger partial charge on any atom is 0.0664 e. The molecular formula is C14H35N5O. The molecule has 6 heteroatoms. The van der Waals surface area contributed by atoms with Crippen LogP contribution in [0.4, 0.5) is 0 Å². The summed E-state index contributed by atoms with van der Waals surface area (Å²) in [4.78, 5) is 4.57. The Kier molecular flexibility index (Phi) is 13.6. The summed E-state index contributed by atoms with van der Waals surface area (Å²) in [6.07, 6.45) is 2.79. The number of aliphatic hydroxyl groups excluding tert-OH is 1. The van der Waals surface area contributed by atoms with Crippen molar-refractivity contribution in [1.82, 2.24) is 9.80 Å². The van der Waals surface area contributed by atoms with Crippen LogP contribution in [0, 0.1) is 0 Å². The second-order valence-electron chi connectivity index (χ2n) is 5.28. The van der Waals surface area contributed by atoms with Gasteiger partial charge in [-0.05, 0) is 32.4 Å². The van der Waals surface area contributed by atoms with Gasteiger partial charge in [0.1, 0.15) is 0 Å². The molecular weight excluding hydrogens is 254 g/mol. The van der Waals surface area contributed by atoms with Gasteiger partial charge in [0.15, 0.2) is 0 Å².